The van der Waals surface area contributed by atoms with Crippen molar-refractivity contribution >= 4 is 30.1 Å². The number of halogens is 1. The molecule has 12 heavy (non-hydrogen) atoms. The number of nitrogens with two attached hydrogens (primary N) is 1. The first-order chi connectivity index (χ1) is 5.18. The molecule has 0 amide bonds. The van der Waals surface area contributed by atoms with Gasteiger partial charge in [-0.15, -0.1) is 19.0 Å². The van der Waals surface area contributed by atoms with E-state index in [4.69, 9.17) is 10.8 Å². The van der Waals surface area contributed by atoms with Gasteiger partial charge in [0.05, 0.1) is 0 Å². The Hall–Kier alpha value is -0.190. The van der Waals surface area contributed by atoms with E-state index >= 15 is 0 Å². The lowest BCUT2D eigenvalue weighted by Gasteiger charge is -2.03. The van der Waals surface area contributed by atoms with Gasteiger partial charge in [-0.1, -0.05) is 6.08 Å². The number of hydrogen-bond donors (Lipinski definition) is 2. The molecule has 0 aromatic rings. The minimum absolute atomic E-state index is 0. The van der Waals surface area contributed by atoms with Crippen LogP contribution in [0, 0.1) is 0 Å². The number of rotatable bonds is 6. The van der Waals surface area contributed by atoms with Gasteiger partial charge in [0.25, 0.3) is 0 Å². The van der Waals surface area contributed by atoms with Crippen molar-refractivity contribution in [2.45, 2.75) is 12.5 Å². The van der Waals surface area contributed by atoms with Crippen molar-refractivity contribution in [3.8, 4) is 0 Å². The third kappa shape index (κ3) is 7.91. The molecule has 5 heteroatoms. The van der Waals surface area contributed by atoms with E-state index in [0.29, 0.717) is 6.42 Å². The number of carboxylic acid groups (broad SMARTS) is 1. The zero-order valence-electron chi connectivity index (χ0n) is 6.73. The summed E-state index contributed by atoms with van der Waals surface area (Å²) in [7, 11) is 0. The first-order valence-electron chi connectivity index (χ1n) is 3.35. The van der Waals surface area contributed by atoms with Gasteiger partial charge in [-0.05, 0) is 12.2 Å². The van der Waals surface area contributed by atoms with Crippen molar-refractivity contribution in [2.24, 2.45) is 5.73 Å². The predicted molar refractivity (Wildman–Crippen MR) is 55.0 cm³/mol. The van der Waals surface area contributed by atoms with Gasteiger partial charge in [0.1, 0.15) is 6.04 Å². The first kappa shape index (κ1) is 14.3. The highest BCUT2D eigenvalue weighted by molar-refractivity contribution is 7.99. The van der Waals surface area contributed by atoms with E-state index in [1.165, 1.54) is 0 Å². The number of hydrogen-bond acceptors (Lipinski definition) is 3. The molecule has 0 aromatic carbocycles. The third-order valence-electron chi connectivity index (χ3n) is 1.13. The minimum Gasteiger partial charge on any atom is -0.480 e. The van der Waals surface area contributed by atoms with Gasteiger partial charge in [-0.3, -0.25) is 4.79 Å². The number of carbonyl (C=O) groups is 1. The zero-order chi connectivity index (χ0) is 8.69. The molecule has 0 aliphatic rings. The van der Waals surface area contributed by atoms with E-state index in [0.717, 1.165) is 11.5 Å². The van der Waals surface area contributed by atoms with Crippen LogP contribution in [-0.2, 0) is 4.79 Å². The van der Waals surface area contributed by atoms with E-state index in [1.54, 1.807) is 17.8 Å². The second-order valence-electron chi connectivity index (χ2n) is 2.10. The molecule has 3 N–H and O–H groups in total. The van der Waals surface area contributed by atoms with Gasteiger partial charge in [-0.2, -0.15) is 11.8 Å². The molecule has 1 atom stereocenters. The Morgan fingerprint density at radius 1 is 1.75 bits per heavy atom. The fourth-order valence-corrected chi connectivity index (χ4v) is 1.25. The molecule has 0 rings (SSSR count). The number of thioether (sulfide) groups is 1. The molecular formula is C7H14ClNO2S. The predicted octanol–water partition coefficient (Wildman–Crippen LogP) is 1.13. The molecule has 3 nitrogen and oxygen atoms in total. The largest absolute Gasteiger partial charge is 0.480 e. The minimum atomic E-state index is -0.927. The Balaban J connectivity index is 0. The van der Waals surface area contributed by atoms with Gasteiger partial charge in [0.15, 0.2) is 0 Å². The molecule has 0 saturated carbocycles. The average Bonchev–Trinajstić information content (AvgIpc) is 1.97. The van der Waals surface area contributed by atoms with Crippen molar-refractivity contribution in [3.05, 3.63) is 12.7 Å². The molecule has 72 valence electrons. The van der Waals surface area contributed by atoms with E-state index in [1.807, 2.05) is 0 Å². The van der Waals surface area contributed by atoms with Gasteiger partial charge in [0.2, 0.25) is 0 Å². The standard InChI is InChI=1S/C7H13NO2S.ClH/c1-2-4-11-5-3-6(8)7(9)10;/h2,6H,1,3-5,8H2,(H,9,10);1H. The summed E-state index contributed by atoms with van der Waals surface area (Å²) in [6, 6.07) is -0.715. The molecule has 0 radical (unpaired) electrons. The van der Waals surface area contributed by atoms with Crippen molar-refractivity contribution in [1.82, 2.24) is 0 Å². The van der Waals surface area contributed by atoms with Crippen molar-refractivity contribution in [1.29, 1.82) is 0 Å². The Morgan fingerprint density at radius 3 is 2.75 bits per heavy atom. The van der Waals surface area contributed by atoms with Gasteiger partial charge in [-0.25, -0.2) is 0 Å². The van der Waals surface area contributed by atoms with E-state index in [-0.39, 0.29) is 12.4 Å². The third-order valence-corrected chi connectivity index (χ3v) is 2.12. The quantitative estimate of drug-likeness (QED) is 0.511. The highest BCUT2D eigenvalue weighted by atomic mass is 35.5. The van der Waals surface area contributed by atoms with Crippen LogP contribution in [-0.4, -0.2) is 28.6 Å². The second-order valence-corrected chi connectivity index (χ2v) is 3.25. The summed E-state index contributed by atoms with van der Waals surface area (Å²) in [6.45, 7) is 3.54. The van der Waals surface area contributed by atoms with Crippen LogP contribution in [0.15, 0.2) is 12.7 Å². The smallest absolute Gasteiger partial charge is 0.320 e. The summed E-state index contributed by atoms with van der Waals surface area (Å²) in [5.41, 5.74) is 5.26. The van der Waals surface area contributed by atoms with Crippen molar-refractivity contribution in [2.75, 3.05) is 11.5 Å². The van der Waals surface area contributed by atoms with Crippen LogP contribution in [0.4, 0.5) is 0 Å². The molecular weight excluding hydrogens is 198 g/mol. The highest BCUT2D eigenvalue weighted by Gasteiger charge is 2.09. The maximum absolute atomic E-state index is 10.2. The molecule has 0 heterocycles. The molecule has 0 aliphatic heterocycles. The molecule has 0 aromatic heterocycles. The van der Waals surface area contributed by atoms with Crippen LogP contribution in [0.2, 0.25) is 0 Å². The monoisotopic (exact) mass is 211 g/mol. The summed E-state index contributed by atoms with van der Waals surface area (Å²) in [5.74, 6) is 0.704. The molecule has 1 unspecified atom stereocenters. The normalized spacial score (nSPS) is 11.4. The Kier molecular flexibility index (Phi) is 10.6. The van der Waals surface area contributed by atoms with Crippen molar-refractivity contribution in [3.63, 3.8) is 0 Å². The van der Waals surface area contributed by atoms with Crippen LogP contribution in [0.3, 0.4) is 0 Å². The summed E-state index contributed by atoms with van der Waals surface area (Å²) in [4.78, 5) is 10.2. The maximum Gasteiger partial charge on any atom is 0.320 e. The highest BCUT2D eigenvalue weighted by Crippen LogP contribution is 2.03. The fraction of sp³-hybridized carbons (Fsp3) is 0.571. The summed E-state index contributed by atoms with van der Waals surface area (Å²) >= 11 is 1.64. The Morgan fingerprint density at radius 2 is 2.33 bits per heavy atom. The lowest BCUT2D eigenvalue weighted by Crippen LogP contribution is -2.30. The van der Waals surface area contributed by atoms with E-state index in [2.05, 4.69) is 6.58 Å². The van der Waals surface area contributed by atoms with E-state index < -0.39 is 12.0 Å². The Labute approximate surface area is 82.8 Å². The molecule has 0 bridgehead atoms. The topological polar surface area (TPSA) is 63.3 Å². The van der Waals surface area contributed by atoms with Crippen LogP contribution in [0.25, 0.3) is 0 Å². The SMILES string of the molecule is C=CCSCCC(N)C(=O)O.Cl. The summed E-state index contributed by atoms with van der Waals surface area (Å²) in [5, 5.41) is 8.38. The summed E-state index contributed by atoms with van der Waals surface area (Å²) < 4.78 is 0. The molecule has 0 aliphatic carbocycles. The van der Waals surface area contributed by atoms with Crippen LogP contribution < -0.4 is 5.73 Å². The molecule has 0 fully saturated rings. The molecule has 0 spiro atoms. The van der Waals surface area contributed by atoms with Crippen LogP contribution >= 0.6 is 24.2 Å². The van der Waals surface area contributed by atoms with Crippen LogP contribution in [0.5, 0.6) is 0 Å². The first-order valence-corrected chi connectivity index (χ1v) is 4.51. The van der Waals surface area contributed by atoms with Gasteiger partial charge < -0.3 is 10.8 Å². The number of aliphatic carboxylic acids is 1. The average molecular weight is 212 g/mol. The van der Waals surface area contributed by atoms with Gasteiger partial charge in [0, 0.05) is 5.75 Å². The zero-order valence-corrected chi connectivity index (χ0v) is 8.37. The second kappa shape index (κ2) is 8.90. The maximum atomic E-state index is 10.2. The Bertz CT molecular complexity index is 143. The molecule has 0 saturated heterocycles. The fourth-order valence-electron chi connectivity index (χ4n) is 0.500. The van der Waals surface area contributed by atoms with Crippen molar-refractivity contribution < 1.29 is 9.90 Å². The lowest BCUT2D eigenvalue weighted by molar-refractivity contribution is -0.138. The number of carboxylic acids is 1. The summed E-state index contributed by atoms with van der Waals surface area (Å²) in [6.07, 6.45) is 2.31. The van der Waals surface area contributed by atoms with Gasteiger partial charge >= 0.3 is 5.97 Å². The lowest BCUT2D eigenvalue weighted by atomic mass is 10.2. The van der Waals surface area contributed by atoms with E-state index in [9.17, 15) is 4.79 Å². The van der Waals surface area contributed by atoms with Crippen LogP contribution in [0.1, 0.15) is 6.42 Å².